The molecule has 3 amide bonds. The molecular formula is C21H26N4O4S. The third-order valence-corrected chi connectivity index (χ3v) is 6.95. The first kappa shape index (κ1) is 19.4. The third kappa shape index (κ3) is 3.34. The van der Waals surface area contributed by atoms with Gasteiger partial charge in [0.1, 0.15) is 11.4 Å². The van der Waals surface area contributed by atoms with Gasteiger partial charge in [-0.1, -0.05) is 11.3 Å². The molecule has 3 aliphatic rings. The Kier molecular flexibility index (Phi) is 4.53. The minimum absolute atomic E-state index is 0.00602. The molecule has 1 aromatic heterocycles. The van der Waals surface area contributed by atoms with Gasteiger partial charge >= 0.3 is 12.1 Å². The lowest BCUT2D eigenvalue weighted by Gasteiger charge is -2.22. The van der Waals surface area contributed by atoms with Crippen LogP contribution in [0.25, 0.3) is 10.2 Å². The van der Waals surface area contributed by atoms with E-state index in [1.807, 2.05) is 37.8 Å². The number of hydrogen-bond acceptors (Lipinski definition) is 6. The summed E-state index contributed by atoms with van der Waals surface area (Å²) in [4.78, 5) is 31.5. The summed E-state index contributed by atoms with van der Waals surface area (Å²) in [5, 5.41) is 6.71. The molecule has 3 atom stereocenters. The highest BCUT2D eigenvalue weighted by Crippen LogP contribution is 2.42. The molecule has 8 nitrogen and oxygen atoms in total. The van der Waals surface area contributed by atoms with Crippen molar-refractivity contribution in [3.8, 4) is 5.75 Å². The molecule has 1 aliphatic carbocycles. The van der Waals surface area contributed by atoms with Crippen LogP contribution in [0.2, 0.25) is 0 Å². The zero-order chi connectivity index (χ0) is 21.0. The van der Waals surface area contributed by atoms with Gasteiger partial charge in [-0.3, -0.25) is 4.90 Å². The van der Waals surface area contributed by atoms with Gasteiger partial charge in [0.05, 0.1) is 28.9 Å². The van der Waals surface area contributed by atoms with E-state index in [-0.39, 0.29) is 24.0 Å². The molecule has 0 spiro atoms. The summed E-state index contributed by atoms with van der Waals surface area (Å²) in [6, 6.07) is 3.95. The summed E-state index contributed by atoms with van der Waals surface area (Å²) in [7, 11) is 0. The Morgan fingerprint density at radius 2 is 2.23 bits per heavy atom. The van der Waals surface area contributed by atoms with E-state index in [0.29, 0.717) is 13.2 Å². The van der Waals surface area contributed by atoms with Crippen molar-refractivity contribution in [2.45, 2.75) is 57.7 Å². The number of nitrogens with zero attached hydrogens (tertiary/aromatic N) is 2. The maximum atomic E-state index is 12.8. The van der Waals surface area contributed by atoms with Crippen molar-refractivity contribution in [1.29, 1.82) is 0 Å². The SMILES string of the molecule is CC(C)(C)OC(=O)NC[C@@H]1CC[C@H]2[C@@H]1NC(=O)N2c1nc2c3c(ccc2s1)OCC3. The second-order valence-corrected chi connectivity index (χ2v) is 10.1. The molecule has 1 aromatic carbocycles. The van der Waals surface area contributed by atoms with Crippen LogP contribution in [-0.2, 0) is 11.2 Å². The number of benzene rings is 1. The van der Waals surface area contributed by atoms with E-state index in [0.717, 1.165) is 45.9 Å². The molecule has 0 unspecified atom stereocenters. The molecule has 3 heterocycles. The summed E-state index contributed by atoms with van der Waals surface area (Å²) in [6.07, 6.45) is 2.23. The number of alkyl carbamates (subject to hydrolysis) is 1. The molecule has 2 N–H and O–H groups in total. The Bertz CT molecular complexity index is 1010. The fraction of sp³-hybridized carbons (Fsp3) is 0.571. The number of carbonyl (C=O) groups excluding carboxylic acids is 2. The van der Waals surface area contributed by atoms with E-state index in [4.69, 9.17) is 14.5 Å². The fourth-order valence-corrected chi connectivity index (χ4v) is 5.72. The van der Waals surface area contributed by atoms with Gasteiger partial charge in [-0.05, 0) is 51.7 Å². The van der Waals surface area contributed by atoms with Gasteiger partial charge in [0.25, 0.3) is 0 Å². The first-order chi connectivity index (χ1) is 14.3. The minimum Gasteiger partial charge on any atom is -0.493 e. The number of urea groups is 1. The lowest BCUT2D eigenvalue weighted by molar-refractivity contribution is 0.0518. The van der Waals surface area contributed by atoms with Crippen LogP contribution < -0.4 is 20.3 Å². The molecule has 160 valence electrons. The third-order valence-electron chi connectivity index (χ3n) is 5.93. The highest BCUT2D eigenvalue weighted by Gasteiger charge is 2.49. The van der Waals surface area contributed by atoms with Gasteiger partial charge in [-0.2, -0.15) is 0 Å². The number of nitrogens with one attached hydrogen (secondary N) is 2. The topological polar surface area (TPSA) is 92.8 Å². The van der Waals surface area contributed by atoms with E-state index in [1.165, 1.54) is 0 Å². The van der Waals surface area contributed by atoms with Gasteiger partial charge in [0.2, 0.25) is 0 Å². The quantitative estimate of drug-likeness (QED) is 0.778. The standard InChI is InChI=1S/C21H26N4O4S/c1-21(2,3)29-20(27)22-10-11-4-5-13-16(11)23-18(26)25(13)19-24-17-12-8-9-28-14(12)6-7-15(17)30-19/h6-7,11,13,16H,4-5,8-10H2,1-3H3,(H,22,27)(H,23,26)/t11-,13-,16+/m0/s1. The molecule has 2 fully saturated rings. The van der Waals surface area contributed by atoms with Crippen molar-refractivity contribution in [2.24, 2.45) is 5.92 Å². The number of ether oxygens (including phenoxy) is 2. The lowest BCUT2D eigenvalue weighted by Crippen LogP contribution is -2.41. The second-order valence-electron chi connectivity index (χ2n) is 9.12. The number of hydrogen-bond donors (Lipinski definition) is 2. The van der Waals surface area contributed by atoms with E-state index in [2.05, 4.69) is 10.6 Å². The summed E-state index contributed by atoms with van der Waals surface area (Å²) < 4.78 is 12.0. The maximum Gasteiger partial charge on any atom is 0.407 e. The van der Waals surface area contributed by atoms with Crippen LogP contribution in [0.1, 0.15) is 39.2 Å². The number of carbonyl (C=O) groups is 2. The van der Waals surface area contributed by atoms with Crippen LogP contribution in [0.5, 0.6) is 5.75 Å². The Labute approximate surface area is 178 Å². The Hall–Kier alpha value is -2.55. The Balaban J connectivity index is 1.32. The first-order valence-corrected chi connectivity index (χ1v) is 11.2. The Morgan fingerprint density at radius 1 is 1.40 bits per heavy atom. The smallest absolute Gasteiger partial charge is 0.407 e. The minimum atomic E-state index is -0.529. The van der Waals surface area contributed by atoms with Crippen LogP contribution in [-0.4, -0.2) is 47.9 Å². The summed E-state index contributed by atoms with van der Waals surface area (Å²) in [5.41, 5.74) is 1.55. The summed E-state index contributed by atoms with van der Waals surface area (Å²) in [5.74, 6) is 1.07. The average Bonchev–Trinajstić information content (AvgIpc) is 3.40. The molecular weight excluding hydrogens is 404 g/mol. The molecule has 5 rings (SSSR count). The number of fused-ring (bicyclic) bond motifs is 4. The molecule has 2 aromatic rings. The zero-order valence-corrected chi connectivity index (χ0v) is 18.2. The lowest BCUT2D eigenvalue weighted by atomic mass is 10.0. The molecule has 0 bridgehead atoms. The van der Waals surface area contributed by atoms with Crippen molar-refractivity contribution in [3.05, 3.63) is 17.7 Å². The molecule has 0 radical (unpaired) electrons. The van der Waals surface area contributed by atoms with Crippen LogP contribution in [0.3, 0.4) is 0 Å². The normalized spacial score (nSPS) is 25.1. The second kappa shape index (κ2) is 7.01. The highest BCUT2D eigenvalue weighted by atomic mass is 32.1. The number of aromatic nitrogens is 1. The Morgan fingerprint density at radius 3 is 3.03 bits per heavy atom. The van der Waals surface area contributed by atoms with Gasteiger partial charge < -0.3 is 20.1 Å². The molecule has 1 saturated heterocycles. The predicted molar refractivity (Wildman–Crippen MR) is 114 cm³/mol. The van der Waals surface area contributed by atoms with Crippen molar-refractivity contribution in [1.82, 2.24) is 15.6 Å². The maximum absolute atomic E-state index is 12.8. The number of anilines is 1. The fourth-order valence-electron chi connectivity index (χ4n) is 4.67. The van der Waals surface area contributed by atoms with Crippen molar-refractivity contribution >= 4 is 38.8 Å². The zero-order valence-electron chi connectivity index (χ0n) is 17.4. The van der Waals surface area contributed by atoms with E-state index < -0.39 is 11.7 Å². The molecule has 30 heavy (non-hydrogen) atoms. The molecule has 1 saturated carbocycles. The monoisotopic (exact) mass is 430 g/mol. The summed E-state index contributed by atoms with van der Waals surface area (Å²) in [6.45, 7) is 6.68. The van der Waals surface area contributed by atoms with Crippen LogP contribution in [0, 0.1) is 5.92 Å². The van der Waals surface area contributed by atoms with E-state index in [1.54, 1.807) is 11.3 Å². The van der Waals surface area contributed by atoms with Crippen molar-refractivity contribution in [2.75, 3.05) is 18.1 Å². The predicted octanol–water partition coefficient (Wildman–Crippen LogP) is 3.43. The van der Waals surface area contributed by atoms with Gasteiger partial charge in [-0.15, -0.1) is 0 Å². The van der Waals surface area contributed by atoms with Crippen LogP contribution in [0.15, 0.2) is 12.1 Å². The highest BCUT2D eigenvalue weighted by molar-refractivity contribution is 7.22. The van der Waals surface area contributed by atoms with E-state index >= 15 is 0 Å². The van der Waals surface area contributed by atoms with Gasteiger partial charge in [-0.25, -0.2) is 14.6 Å². The molecule has 2 aliphatic heterocycles. The van der Waals surface area contributed by atoms with E-state index in [9.17, 15) is 9.59 Å². The average molecular weight is 431 g/mol. The van der Waals surface area contributed by atoms with Gasteiger partial charge in [0.15, 0.2) is 5.13 Å². The van der Waals surface area contributed by atoms with Crippen LogP contribution in [0.4, 0.5) is 14.7 Å². The number of thiazole rings is 1. The first-order valence-electron chi connectivity index (χ1n) is 10.4. The van der Waals surface area contributed by atoms with Crippen molar-refractivity contribution < 1.29 is 19.1 Å². The number of amides is 3. The van der Waals surface area contributed by atoms with Gasteiger partial charge in [0, 0.05) is 18.5 Å². The van der Waals surface area contributed by atoms with Crippen molar-refractivity contribution in [3.63, 3.8) is 0 Å². The molecule has 9 heteroatoms. The summed E-state index contributed by atoms with van der Waals surface area (Å²) >= 11 is 1.55. The van der Waals surface area contributed by atoms with Crippen LogP contribution >= 0.6 is 11.3 Å². The number of rotatable bonds is 3. The largest absolute Gasteiger partial charge is 0.493 e.